The number of halogens is 2. The van der Waals surface area contributed by atoms with Crippen LogP contribution in [0.25, 0.3) is 0 Å². The van der Waals surface area contributed by atoms with Gasteiger partial charge in [-0.3, -0.25) is 0 Å². The van der Waals surface area contributed by atoms with E-state index in [0.717, 1.165) is 11.1 Å². The summed E-state index contributed by atoms with van der Waals surface area (Å²) < 4.78 is 38.3. The number of methoxy groups -OCH3 is 1. The molecule has 0 radical (unpaired) electrons. The number of rotatable bonds is 7. The molecule has 5 nitrogen and oxygen atoms in total. The minimum absolute atomic E-state index is 0.110. The number of benzene rings is 3. The van der Waals surface area contributed by atoms with E-state index in [4.69, 9.17) is 9.47 Å². The third-order valence-electron chi connectivity index (χ3n) is 6.11. The predicted molar refractivity (Wildman–Crippen MR) is 120 cm³/mol. The average Bonchev–Trinajstić information content (AvgIpc) is 2.82. The summed E-state index contributed by atoms with van der Waals surface area (Å²) in [6.45, 7) is 0.604. The Bertz CT molecular complexity index is 1010. The van der Waals surface area contributed by atoms with E-state index in [-0.39, 0.29) is 42.1 Å². The Hall–Kier alpha value is -3.00. The van der Waals surface area contributed by atoms with E-state index in [1.807, 2.05) is 0 Å². The molecule has 3 atom stereocenters. The molecular weight excluding hydrogens is 428 g/mol. The van der Waals surface area contributed by atoms with Gasteiger partial charge in [-0.25, -0.2) is 8.78 Å². The maximum atomic E-state index is 13.5. The van der Waals surface area contributed by atoms with Gasteiger partial charge in [-0.05, 0) is 41.5 Å². The highest BCUT2D eigenvalue weighted by Crippen LogP contribution is 2.35. The summed E-state index contributed by atoms with van der Waals surface area (Å²) in [5, 5.41) is 24.3. The monoisotopic (exact) mass is 455 g/mol. The van der Waals surface area contributed by atoms with Gasteiger partial charge in [0.25, 0.3) is 0 Å². The van der Waals surface area contributed by atoms with Gasteiger partial charge in [-0.2, -0.15) is 0 Å². The highest BCUT2D eigenvalue weighted by molar-refractivity contribution is 5.39. The Kier molecular flexibility index (Phi) is 7.23. The fourth-order valence-corrected chi connectivity index (χ4v) is 4.26. The summed E-state index contributed by atoms with van der Waals surface area (Å²) in [6, 6.07) is 17.0. The molecule has 0 bridgehead atoms. The minimum atomic E-state index is -0.701. The number of phenolic OH excluding ortho intramolecular Hbond substituents is 1. The first kappa shape index (κ1) is 23.2. The van der Waals surface area contributed by atoms with Gasteiger partial charge in [0.15, 0.2) is 0 Å². The normalized spacial score (nSPS) is 20.7. The van der Waals surface area contributed by atoms with Crippen LogP contribution in [-0.2, 0) is 11.3 Å². The first-order chi connectivity index (χ1) is 15.9. The predicted octanol–water partition coefficient (Wildman–Crippen LogP) is 4.12. The number of hydrogen-bond acceptors (Lipinski definition) is 5. The summed E-state index contributed by atoms with van der Waals surface area (Å²) in [5.74, 6) is -0.293. The van der Waals surface area contributed by atoms with Gasteiger partial charge >= 0.3 is 0 Å². The van der Waals surface area contributed by atoms with Crippen LogP contribution in [0.15, 0.2) is 66.7 Å². The van der Waals surface area contributed by atoms with Gasteiger partial charge in [-0.1, -0.05) is 30.3 Å². The second kappa shape index (κ2) is 10.3. The summed E-state index contributed by atoms with van der Waals surface area (Å²) in [6.07, 6.45) is -0.734. The Balaban J connectivity index is 1.46. The van der Waals surface area contributed by atoms with Crippen LogP contribution in [0.5, 0.6) is 11.5 Å². The fourth-order valence-electron chi connectivity index (χ4n) is 4.26. The molecule has 7 heteroatoms. The topological polar surface area (TPSA) is 71.0 Å². The first-order valence-corrected chi connectivity index (χ1v) is 10.8. The Morgan fingerprint density at radius 1 is 1.00 bits per heavy atom. The molecule has 1 fully saturated rings. The molecule has 1 aliphatic rings. The van der Waals surface area contributed by atoms with Crippen LogP contribution in [0, 0.1) is 11.6 Å². The molecule has 1 heterocycles. The van der Waals surface area contributed by atoms with Crippen molar-refractivity contribution in [3.8, 4) is 11.5 Å². The van der Waals surface area contributed by atoms with Crippen molar-refractivity contribution in [3.63, 3.8) is 0 Å². The lowest BCUT2D eigenvalue weighted by Gasteiger charge is -2.38. The molecule has 174 valence electrons. The quantitative estimate of drug-likeness (QED) is 0.500. The third kappa shape index (κ3) is 5.50. The zero-order valence-electron chi connectivity index (χ0n) is 18.2. The lowest BCUT2D eigenvalue weighted by atomic mass is 9.82. The van der Waals surface area contributed by atoms with Gasteiger partial charge in [0.05, 0.1) is 32.0 Å². The zero-order chi connectivity index (χ0) is 23.4. The van der Waals surface area contributed by atoms with E-state index in [1.54, 1.807) is 36.4 Å². The molecule has 0 aliphatic carbocycles. The van der Waals surface area contributed by atoms with Crippen LogP contribution in [0.4, 0.5) is 8.78 Å². The second-order valence-electron chi connectivity index (χ2n) is 8.24. The molecule has 3 unspecified atom stereocenters. The van der Waals surface area contributed by atoms with Crippen molar-refractivity contribution >= 4 is 0 Å². The van der Waals surface area contributed by atoms with E-state index in [1.165, 1.54) is 37.4 Å². The van der Waals surface area contributed by atoms with Crippen molar-refractivity contribution in [1.29, 1.82) is 0 Å². The fraction of sp³-hybridized carbons (Fsp3) is 0.308. The van der Waals surface area contributed by atoms with Crippen LogP contribution >= 0.6 is 0 Å². The highest BCUT2D eigenvalue weighted by Gasteiger charge is 2.35. The lowest BCUT2D eigenvalue weighted by Crippen LogP contribution is -2.50. The largest absolute Gasteiger partial charge is 0.507 e. The summed E-state index contributed by atoms with van der Waals surface area (Å²) in [7, 11) is 1.53. The maximum Gasteiger partial charge on any atom is 0.123 e. The molecule has 4 rings (SSSR count). The lowest BCUT2D eigenvalue weighted by molar-refractivity contribution is -0.0718. The summed E-state index contributed by atoms with van der Waals surface area (Å²) >= 11 is 0. The molecule has 3 N–H and O–H groups in total. The molecule has 1 saturated heterocycles. The van der Waals surface area contributed by atoms with Crippen molar-refractivity contribution in [1.82, 2.24) is 5.32 Å². The molecule has 3 aromatic rings. The van der Waals surface area contributed by atoms with Crippen molar-refractivity contribution in [3.05, 3.63) is 95.1 Å². The average molecular weight is 456 g/mol. The number of ether oxygens (including phenoxy) is 2. The Morgan fingerprint density at radius 2 is 1.61 bits per heavy atom. The van der Waals surface area contributed by atoms with Crippen molar-refractivity contribution in [2.75, 3.05) is 13.7 Å². The van der Waals surface area contributed by atoms with Gasteiger partial charge in [0.2, 0.25) is 0 Å². The van der Waals surface area contributed by atoms with Crippen LogP contribution in [0.3, 0.4) is 0 Å². The number of nitrogens with one attached hydrogen (secondary N) is 1. The SMILES string of the molecule is COc1ccc(CNC2COC(C(c3ccc(F)cc3)c3ccc(F)cc3)CC2O)c(O)c1. The third-order valence-corrected chi connectivity index (χ3v) is 6.11. The van der Waals surface area contributed by atoms with Crippen LogP contribution in [-0.4, -0.2) is 42.2 Å². The Morgan fingerprint density at radius 3 is 2.12 bits per heavy atom. The van der Waals surface area contributed by atoms with E-state index in [0.29, 0.717) is 24.3 Å². The molecule has 0 aromatic heterocycles. The van der Waals surface area contributed by atoms with Crippen LogP contribution < -0.4 is 10.1 Å². The van der Waals surface area contributed by atoms with E-state index >= 15 is 0 Å². The smallest absolute Gasteiger partial charge is 0.123 e. The van der Waals surface area contributed by atoms with Crippen LogP contribution in [0.1, 0.15) is 29.0 Å². The number of aliphatic hydroxyl groups excluding tert-OH is 1. The number of phenols is 1. The van der Waals surface area contributed by atoms with Gasteiger partial charge in [0, 0.05) is 30.5 Å². The van der Waals surface area contributed by atoms with E-state index in [2.05, 4.69) is 5.32 Å². The summed E-state index contributed by atoms with van der Waals surface area (Å²) in [5.41, 5.74) is 2.34. The molecule has 33 heavy (non-hydrogen) atoms. The number of aliphatic hydroxyl groups is 1. The summed E-state index contributed by atoms with van der Waals surface area (Å²) in [4.78, 5) is 0. The minimum Gasteiger partial charge on any atom is -0.507 e. The standard InChI is InChI=1S/C26H27F2NO4/c1-32-21-11-6-18(23(30)12-21)14-29-22-15-33-25(13-24(22)31)26(16-2-7-19(27)8-3-16)17-4-9-20(28)10-5-17/h2-12,22,24-26,29-31H,13-15H2,1H3. The van der Waals surface area contributed by atoms with Crippen molar-refractivity contribution in [2.45, 2.75) is 37.1 Å². The number of aromatic hydroxyl groups is 1. The molecule has 1 aliphatic heterocycles. The molecule has 0 spiro atoms. The first-order valence-electron chi connectivity index (χ1n) is 10.8. The molecule has 0 saturated carbocycles. The molecular formula is C26H27F2NO4. The zero-order valence-corrected chi connectivity index (χ0v) is 18.2. The maximum absolute atomic E-state index is 13.5. The van der Waals surface area contributed by atoms with E-state index < -0.39 is 6.10 Å². The van der Waals surface area contributed by atoms with Gasteiger partial charge in [-0.15, -0.1) is 0 Å². The van der Waals surface area contributed by atoms with Crippen molar-refractivity contribution in [2.24, 2.45) is 0 Å². The van der Waals surface area contributed by atoms with Gasteiger partial charge in [0.1, 0.15) is 23.1 Å². The van der Waals surface area contributed by atoms with Gasteiger partial charge < -0.3 is 25.0 Å². The van der Waals surface area contributed by atoms with Crippen molar-refractivity contribution < 1.29 is 28.5 Å². The number of hydrogen-bond donors (Lipinski definition) is 3. The molecule has 3 aromatic carbocycles. The second-order valence-corrected chi connectivity index (χ2v) is 8.24. The van der Waals surface area contributed by atoms with E-state index in [9.17, 15) is 19.0 Å². The highest BCUT2D eigenvalue weighted by atomic mass is 19.1. The molecule has 0 amide bonds. The van der Waals surface area contributed by atoms with Crippen LogP contribution in [0.2, 0.25) is 0 Å². The Labute approximate surface area is 191 Å².